The van der Waals surface area contributed by atoms with Gasteiger partial charge in [0, 0.05) is 12.6 Å². The first-order chi connectivity index (χ1) is 13.6. The number of rotatable bonds is 7. The first-order valence-electron chi connectivity index (χ1n) is 9.48. The molecule has 0 unspecified atom stereocenters. The van der Waals surface area contributed by atoms with Crippen LogP contribution in [-0.2, 0) is 11.3 Å². The van der Waals surface area contributed by atoms with Crippen molar-refractivity contribution in [3.8, 4) is 11.5 Å². The molecule has 3 aromatic carbocycles. The van der Waals surface area contributed by atoms with Crippen LogP contribution in [0.25, 0.3) is 6.08 Å². The number of benzene rings is 3. The van der Waals surface area contributed by atoms with Crippen molar-refractivity contribution in [2.45, 2.75) is 26.3 Å². The number of hydrogen-bond acceptors (Lipinski definition) is 2. The van der Waals surface area contributed by atoms with E-state index in [1.165, 1.54) is 0 Å². The SMILES string of the molecule is CC(C)c1ccc(/C=C/C(=O)NCc2ccccc2)cc1Oc1ccccc1. The fourth-order valence-electron chi connectivity index (χ4n) is 2.85. The van der Waals surface area contributed by atoms with Crippen molar-refractivity contribution in [2.24, 2.45) is 0 Å². The molecule has 142 valence electrons. The number of carbonyl (C=O) groups is 1. The van der Waals surface area contributed by atoms with E-state index < -0.39 is 0 Å². The fraction of sp³-hybridized carbons (Fsp3) is 0.160. The number of ether oxygens (including phenoxy) is 1. The molecule has 0 saturated carbocycles. The zero-order chi connectivity index (χ0) is 19.8. The van der Waals surface area contributed by atoms with E-state index in [4.69, 9.17) is 4.74 Å². The largest absolute Gasteiger partial charge is 0.457 e. The molecular weight excluding hydrogens is 346 g/mol. The number of hydrogen-bond donors (Lipinski definition) is 1. The van der Waals surface area contributed by atoms with Gasteiger partial charge in [0.25, 0.3) is 0 Å². The van der Waals surface area contributed by atoms with Crippen LogP contribution in [0.5, 0.6) is 11.5 Å². The molecule has 0 fully saturated rings. The third-order valence-electron chi connectivity index (χ3n) is 4.37. The Labute approximate surface area is 166 Å². The summed E-state index contributed by atoms with van der Waals surface area (Å²) in [6, 6.07) is 25.6. The second kappa shape index (κ2) is 9.56. The lowest BCUT2D eigenvalue weighted by Gasteiger charge is -2.14. The summed E-state index contributed by atoms with van der Waals surface area (Å²) >= 11 is 0. The zero-order valence-electron chi connectivity index (χ0n) is 16.3. The third-order valence-corrected chi connectivity index (χ3v) is 4.37. The Hall–Kier alpha value is -3.33. The van der Waals surface area contributed by atoms with E-state index in [9.17, 15) is 4.79 Å². The Balaban J connectivity index is 1.70. The van der Waals surface area contributed by atoms with Gasteiger partial charge in [0.1, 0.15) is 11.5 Å². The van der Waals surface area contributed by atoms with E-state index in [0.717, 1.165) is 28.2 Å². The Morgan fingerprint density at radius 1 is 0.964 bits per heavy atom. The highest BCUT2D eigenvalue weighted by molar-refractivity contribution is 5.91. The lowest BCUT2D eigenvalue weighted by Crippen LogP contribution is -2.20. The van der Waals surface area contributed by atoms with Gasteiger partial charge in [-0.3, -0.25) is 4.79 Å². The van der Waals surface area contributed by atoms with E-state index in [0.29, 0.717) is 12.5 Å². The van der Waals surface area contributed by atoms with Gasteiger partial charge in [-0.05, 0) is 46.9 Å². The summed E-state index contributed by atoms with van der Waals surface area (Å²) in [6.07, 6.45) is 3.36. The average molecular weight is 371 g/mol. The molecule has 3 aromatic rings. The lowest BCUT2D eigenvalue weighted by molar-refractivity contribution is -0.116. The summed E-state index contributed by atoms with van der Waals surface area (Å²) in [5, 5.41) is 2.90. The molecule has 3 nitrogen and oxygen atoms in total. The predicted octanol–water partition coefficient (Wildman–Crippen LogP) is 5.93. The number of nitrogens with one attached hydrogen (secondary N) is 1. The standard InChI is InChI=1S/C25H25NO2/c1-19(2)23-15-13-20(17-24(23)28-22-11-7-4-8-12-22)14-16-25(27)26-18-21-9-5-3-6-10-21/h3-17,19H,18H2,1-2H3,(H,26,27)/b16-14+. The molecule has 28 heavy (non-hydrogen) atoms. The van der Waals surface area contributed by atoms with Crippen molar-refractivity contribution < 1.29 is 9.53 Å². The quantitative estimate of drug-likeness (QED) is 0.523. The van der Waals surface area contributed by atoms with Crippen molar-refractivity contribution in [1.82, 2.24) is 5.32 Å². The molecule has 3 heteroatoms. The summed E-state index contributed by atoms with van der Waals surface area (Å²) in [6.45, 7) is 4.79. The summed E-state index contributed by atoms with van der Waals surface area (Å²) in [7, 11) is 0. The van der Waals surface area contributed by atoms with Crippen LogP contribution in [-0.4, -0.2) is 5.91 Å². The average Bonchev–Trinajstić information content (AvgIpc) is 2.72. The Kier molecular flexibility index (Phi) is 6.64. The van der Waals surface area contributed by atoms with E-state index in [-0.39, 0.29) is 5.91 Å². The molecule has 0 atom stereocenters. The summed E-state index contributed by atoms with van der Waals surface area (Å²) in [5.74, 6) is 1.83. The number of carbonyl (C=O) groups excluding carboxylic acids is 1. The van der Waals surface area contributed by atoms with Crippen LogP contribution in [0, 0.1) is 0 Å². The number of amides is 1. The fourth-order valence-corrected chi connectivity index (χ4v) is 2.85. The van der Waals surface area contributed by atoms with Crippen LogP contribution in [0.15, 0.2) is 84.9 Å². The maximum absolute atomic E-state index is 12.1. The minimum Gasteiger partial charge on any atom is -0.457 e. The van der Waals surface area contributed by atoms with Crippen molar-refractivity contribution in [2.75, 3.05) is 0 Å². The smallest absolute Gasteiger partial charge is 0.244 e. The highest BCUT2D eigenvalue weighted by atomic mass is 16.5. The van der Waals surface area contributed by atoms with Crippen LogP contribution in [0.3, 0.4) is 0 Å². The highest BCUT2D eigenvalue weighted by Crippen LogP contribution is 2.31. The molecule has 1 amide bonds. The molecule has 0 aliphatic carbocycles. The molecule has 0 aliphatic rings. The molecule has 1 N–H and O–H groups in total. The third kappa shape index (κ3) is 5.58. The van der Waals surface area contributed by atoms with Gasteiger partial charge >= 0.3 is 0 Å². The summed E-state index contributed by atoms with van der Waals surface area (Å²) in [4.78, 5) is 12.1. The van der Waals surface area contributed by atoms with E-state index in [1.807, 2.05) is 78.9 Å². The maximum atomic E-state index is 12.1. The molecule has 3 rings (SSSR count). The second-order valence-electron chi connectivity index (χ2n) is 6.90. The van der Waals surface area contributed by atoms with E-state index in [1.54, 1.807) is 6.08 Å². The van der Waals surface area contributed by atoms with Gasteiger partial charge in [0.05, 0.1) is 0 Å². The van der Waals surface area contributed by atoms with Crippen LogP contribution in [0.2, 0.25) is 0 Å². The molecule has 0 saturated heterocycles. The van der Waals surface area contributed by atoms with Crippen LogP contribution in [0.4, 0.5) is 0 Å². The van der Waals surface area contributed by atoms with Crippen LogP contribution < -0.4 is 10.1 Å². The van der Waals surface area contributed by atoms with E-state index >= 15 is 0 Å². The highest BCUT2D eigenvalue weighted by Gasteiger charge is 2.09. The van der Waals surface area contributed by atoms with Gasteiger partial charge < -0.3 is 10.1 Å². The Bertz CT molecular complexity index is 931. The molecule has 0 spiro atoms. The minimum absolute atomic E-state index is 0.123. The van der Waals surface area contributed by atoms with Gasteiger partial charge in [-0.1, -0.05) is 74.5 Å². The molecule has 0 radical (unpaired) electrons. The molecule has 0 bridgehead atoms. The lowest BCUT2D eigenvalue weighted by atomic mass is 10.00. The molecule has 0 aliphatic heterocycles. The van der Waals surface area contributed by atoms with Crippen LogP contribution >= 0.6 is 0 Å². The summed E-state index contributed by atoms with van der Waals surface area (Å²) in [5.41, 5.74) is 3.13. The van der Waals surface area contributed by atoms with Crippen molar-refractivity contribution >= 4 is 12.0 Å². The van der Waals surface area contributed by atoms with E-state index in [2.05, 4.69) is 25.2 Å². The van der Waals surface area contributed by atoms with Crippen molar-refractivity contribution in [3.63, 3.8) is 0 Å². The predicted molar refractivity (Wildman–Crippen MR) is 114 cm³/mol. The van der Waals surface area contributed by atoms with Gasteiger partial charge in [-0.15, -0.1) is 0 Å². The topological polar surface area (TPSA) is 38.3 Å². The normalized spacial score (nSPS) is 11.0. The van der Waals surface area contributed by atoms with Crippen molar-refractivity contribution in [3.05, 3.63) is 102 Å². The maximum Gasteiger partial charge on any atom is 0.244 e. The molecule has 0 aromatic heterocycles. The Morgan fingerprint density at radius 2 is 1.64 bits per heavy atom. The van der Waals surface area contributed by atoms with Gasteiger partial charge in [0.15, 0.2) is 0 Å². The number of para-hydroxylation sites is 1. The molecular formula is C25H25NO2. The monoisotopic (exact) mass is 371 g/mol. The van der Waals surface area contributed by atoms with Gasteiger partial charge in [-0.2, -0.15) is 0 Å². The zero-order valence-corrected chi connectivity index (χ0v) is 16.3. The molecule has 0 heterocycles. The Morgan fingerprint density at radius 3 is 2.32 bits per heavy atom. The second-order valence-corrected chi connectivity index (χ2v) is 6.90. The van der Waals surface area contributed by atoms with Gasteiger partial charge in [0.2, 0.25) is 5.91 Å². The first kappa shape index (κ1) is 19.4. The van der Waals surface area contributed by atoms with Crippen LogP contribution in [0.1, 0.15) is 36.5 Å². The van der Waals surface area contributed by atoms with Crippen molar-refractivity contribution in [1.29, 1.82) is 0 Å². The first-order valence-corrected chi connectivity index (χ1v) is 9.48. The van der Waals surface area contributed by atoms with Gasteiger partial charge in [-0.25, -0.2) is 0 Å². The summed E-state index contributed by atoms with van der Waals surface area (Å²) < 4.78 is 6.09. The minimum atomic E-state index is -0.123.